The predicted octanol–water partition coefficient (Wildman–Crippen LogP) is 5.50. The van der Waals surface area contributed by atoms with Crippen LogP contribution in [0.25, 0.3) is 11.1 Å². The minimum atomic E-state index is 0.959. The summed E-state index contributed by atoms with van der Waals surface area (Å²) in [5.74, 6) is 0. The van der Waals surface area contributed by atoms with Crippen molar-refractivity contribution in [3.8, 4) is 11.1 Å². The molecule has 0 N–H and O–H groups in total. The SMILES string of the molecule is C=C(C)Cc1cccc(-c2ccccc2)c1.CC. The van der Waals surface area contributed by atoms with Gasteiger partial charge < -0.3 is 0 Å². The largest absolute Gasteiger partial charge is 0.0998 e. The van der Waals surface area contributed by atoms with Crippen molar-refractivity contribution in [3.05, 3.63) is 72.3 Å². The second kappa shape index (κ2) is 7.50. The highest BCUT2D eigenvalue weighted by molar-refractivity contribution is 5.64. The van der Waals surface area contributed by atoms with Crippen LogP contribution in [0, 0.1) is 0 Å². The van der Waals surface area contributed by atoms with Gasteiger partial charge in [-0.3, -0.25) is 0 Å². The molecule has 0 heteroatoms. The van der Waals surface area contributed by atoms with E-state index in [1.54, 1.807) is 0 Å². The summed E-state index contributed by atoms with van der Waals surface area (Å²) in [6.07, 6.45) is 0.959. The molecule has 0 spiro atoms. The molecule has 0 aromatic heterocycles. The van der Waals surface area contributed by atoms with Gasteiger partial charge in [0.05, 0.1) is 0 Å². The lowest BCUT2D eigenvalue weighted by Crippen LogP contribution is -1.86. The monoisotopic (exact) mass is 238 g/mol. The summed E-state index contributed by atoms with van der Waals surface area (Å²) in [6.45, 7) is 10.0. The van der Waals surface area contributed by atoms with Crippen molar-refractivity contribution in [2.45, 2.75) is 27.2 Å². The maximum absolute atomic E-state index is 3.95. The third-order valence-electron chi connectivity index (χ3n) is 2.54. The Balaban J connectivity index is 0.000000771. The molecular formula is C18H22. The Labute approximate surface area is 111 Å². The first-order chi connectivity index (χ1) is 8.75. The summed E-state index contributed by atoms with van der Waals surface area (Å²) in [5, 5.41) is 0. The molecule has 0 aliphatic carbocycles. The summed E-state index contributed by atoms with van der Waals surface area (Å²) >= 11 is 0. The lowest BCUT2D eigenvalue weighted by molar-refractivity contribution is 1.16. The van der Waals surface area contributed by atoms with Crippen LogP contribution in [0.2, 0.25) is 0 Å². The lowest BCUT2D eigenvalue weighted by Gasteiger charge is -2.05. The number of rotatable bonds is 3. The van der Waals surface area contributed by atoms with Crippen LogP contribution in [0.15, 0.2) is 66.7 Å². The fraction of sp³-hybridized carbons (Fsp3) is 0.222. The van der Waals surface area contributed by atoms with Gasteiger partial charge in [0.15, 0.2) is 0 Å². The van der Waals surface area contributed by atoms with Gasteiger partial charge in [0, 0.05) is 0 Å². The van der Waals surface area contributed by atoms with E-state index in [-0.39, 0.29) is 0 Å². The zero-order valence-electron chi connectivity index (χ0n) is 11.6. The molecule has 0 heterocycles. The fourth-order valence-corrected chi connectivity index (χ4v) is 1.84. The van der Waals surface area contributed by atoms with Gasteiger partial charge in [0.25, 0.3) is 0 Å². The van der Waals surface area contributed by atoms with Crippen LogP contribution < -0.4 is 0 Å². The summed E-state index contributed by atoms with van der Waals surface area (Å²) in [6, 6.07) is 19.1. The molecule has 0 saturated heterocycles. The van der Waals surface area contributed by atoms with E-state index in [1.807, 2.05) is 19.9 Å². The van der Waals surface area contributed by atoms with E-state index in [0.29, 0.717) is 0 Å². The van der Waals surface area contributed by atoms with Crippen molar-refractivity contribution < 1.29 is 0 Å². The maximum Gasteiger partial charge on any atom is -0.00724 e. The molecule has 18 heavy (non-hydrogen) atoms. The predicted molar refractivity (Wildman–Crippen MR) is 81.7 cm³/mol. The Hall–Kier alpha value is -1.82. The molecule has 0 saturated carbocycles. The molecule has 0 aliphatic heterocycles. The zero-order valence-corrected chi connectivity index (χ0v) is 11.6. The van der Waals surface area contributed by atoms with Crippen LogP contribution in [0.4, 0.5) is 0 Å². The molecule has 0 atom stereocenters. The Bertz CT molecular complexity index is 480. The van der Waals surface area contributed by atoms with E-state index < -0.39 is 0 Å². The fourth-order valence-electron chi connectivity index (χ4n) is 1.84. The third kappa shape index (κ3) is 4.21. The standard InChI is InChI=1S/C16H16.C2H6/c1-13(2)11-14-7-6-10-16(12-14)15-8-4-3-5-9-15;1-2/h3-10,12H,1,11H2,2H3;1-2H3. The van der Waals surface area contributed by atoms with E-state index in [1.165, 1.54) is 22.3 Å². The van der Waals surface area contributed by atoms with Gasteiger partial charge in [0.1, 0.15) is 0 Å². The van der Waals surface area contributed by atoms with Gasteiger partial charge in [-0.2, -0.15) is 0 Å². The first-order valence-electron chi connectivity index (χ1n) is 6.54. The first-order valence-corrected chi connectivity index (χ1v) is 6.54. The second-order valence-corrected chi connectivity index (χ2v) is 4.20. The number of allylic oxidation sites excluding steroid dienone is 1. The first kappa shape index (κ1) is 14.2. The van der Waals surface area contributed by atoms with Gasteiger partial charge in [-0.25, -0.2) is 0 Å². The van der Waals surface area contributed by atoms with Crippen LogP contribution >= 0.6 is 0 Å². The Kier molecular flexibility index (Phi) is 5.93. The normalized spacial score (nSPS) is 9.28. The van der Waals surface area contributed by atoms with Gasteiger partial charge in [-0.05, 0) is 30.0 Å². The topological polar surface area (TPSA) is 0 Å². The lowest BCUT2D eigenvalue weighted by atomic mass is 10.0. The molecule has 0 radical (unpaired) electrons. The van der Waals surface area contributed by atoms with Crippen molar-refractivity contribution in [3.63, 3.8) is 0 Å². The van der Waals surface area contributed by atoms with Crippen molar-refractivity contribution in [1.29, 1.82) is 0 Å². The van der Waals surface area contributed by atoms with E-state index in [4.69, 9.17) is 0 Å². The molecule has 2 aromatic rings. The number of hydrogen-bond donors (Lipinski definition) is 0. The van der Waals surface area contributed by atoms with Crippen LogP contribution in [-0.4, -0.2) is 0 Å². The van der Waals surface area contributed by atoms with Crippen LogP contribution in [0.5, 0.6) is 0 Å². The van der Waals surface area contributed by atoms with Gasteiger partial charge in [-0.15, -0.1) is 0 Å². The zero-order chi connectivity index (χ0) is 13.4. The van der Waals surface area contributed by atoms with Gasteiger partial charge >= 0.3 is 0 Å². The number of hydrogen-bond acceptors (Lipinski definition) is 0. The summed E-state index contributed by atoms with van der Waals surface area (Å²) in [4.78, 5) is 0. The Morgan fingerprint density at radius 1 is 0.889 bits per heavy atom. The molecule has 94 valence electrons. The number of benzene rings is 2. The Morgan fingerprint density at radius 3 is 2.11 bits per heavy atom. The van der Waals surface area contributed by atoms with Gasteiger partial charge in [0.2, 0.25) is 0 Å². The third-order valence-corrected chi connectivity index (χ3v) is 2.54. The molecule has 2 rings (SSSR count). The highest BCUT2D eigenvalue weighted by atomic mass is 14.0. The molecule has 2 aromatic carbocycles. The maximum atomic E-state index is 3.95. The average Bonchev–Trinajstić information content (AvgIpc) is 2.42. The Morgan fingerprint density at radius 2 is 1.50 bits per heavy atom. The molecule has 0 unspecified atom stereocenters. The van der Waals surface area contributed by atoms with E-state index in [0.717, 1.165) is 6.42 Å². The highest BCUT2D eigenvalue weighted by Gasteiger charge is 1.98. The van der Waals surface area contributed by atoms with E-state index in [9.17, 15) is 0 Å². The second-order valence-electron chi connectivity index (χ2n) is 4.20. The molecule has 0 aliphatic rings. The molecular weight excluding hydrogens is 216 g/mol. The molecule has 0 fully saturated rings. The van der Waals surface area contributed by atoms with Crippen molar-refractivity contribution in [2.24, 2.45) is 0 Å². The molecule has 0 nitrogen and oxygen atoms in total. The van der Waals surface area contributed by atoms with Gasteiger partial charge in [-0.1, -0.05) is 80.6 Å². The summed E-state index contributed by atoms with van der Waals surface area (Å²) in [7, 11) is 0. The van der Waals surface area contributed by atoms with E-state index in [2.05, 4.69) is 62.0 Å². The van der Waals surface area contributed by atoms with Crippen molar-refractivity contribution in [2.75, 3.05) is 0 Å². The van der Waals surface area contributed by atoms with Crippen LogP contribution in [0.1, 0.15) is 26.3 Å². The van der Waals surface area contributed by atoms with E-state index >= 15 is 0 Å². The summed E-state index contributed by atoms with van der Waals surface area (Å²) < 4.78 is 0. The summed E-state index contributed by atoms with van der Waals surface area (Å²) in [5.41, 5.74) is 5.07. The smallest absolute Gasteiger partial charge is 0.00724 e. The van der Waals surface area contributed by atoms with Crippen LogP contribution in [-0.2, 0) is 6.42 Å². The van der Waals surface area contributed by atoms with Crippen molar-refractivity contribution in [1.82, 2.24) is 0 Å². The van der Waals surface area contributed by atoms with Crippen molar-refractivity contribution >= 4 is 0 Å². The molecule has 0 bridgehead atoms. The van der Waals surface area contributed by atoms with Crippen LogP contribution in [0.3, 0.4) is 0 Å². The highest BCUT2D eigenvalue weighted by Crippen LogP contribution is 2.20. The minimum absolute atomic E-state index is 0.959. The quantitative estimate of drug-likeness (QED) is 0.619. The average molecular weight is 238 g/mol. The minimum Gasteiger partial charge on any atom is -0.0998 e. The molecule has 0 amide bonds.